The highest BCUT2D eigenvalue weighted by molar-refractivity contribution is 5.96. The van der Waals surface area contributed by atoms with E-state index in [2.05, 4.69) is 39.8 Å². The summed E-state index contributed by atoms with van der Waals surface area (Å²) in [4.78, 5) is 34.9. The molecule has 2 aromatic carbocycles. The Kier molecular flexibility index (Phi) is 6.82. The van der Waals surface area contributed by atoms with Crippen LogP contribution in [0, 0.1) is 13.8 Å². The highest BCUT2D eigenvalue weighted by atomic mass is 16.2. The van der Waals surface area contributed by atoms with Crippen molar-refractivity contribution in [1.82, 2.24) is 14.5 Å². The molecular formula is C27H34N4O2. The Morgan fingerprint density at radius 3 is 2.48 bits per heavy atom. The van der Waals surface area contributed by atoms with Crippen LogP contribution in [0.5, 0.6) is 0 Å². The second kappa shape index (κ2) is 9.77. The number of hydrogen-bond donors (Lipinski definition) is 0. The first-order valence-electron chi connectivity index (χ1n) is 12.0. The zero-order valence-corrected chi connectivity index (χ0v) is 20.2. The number of para-hydroxylation sites is 2. The van der Waals surface area contributed by atoms with Gasteiger partial charge in [0.2, 0.25) is 11.8 Å². The fourth-order valence-electron chi connectivity index (χ4n) is 4.73. The van der Waals surface area contributed by atoms with Gasteiger partial charge in [0, 0.05) is 37.7 Å². The molecule has 6 heteroatoms. The molecule has 1 aliphatic heterocycles. The van der Waals surface area contributed by atoms with Gasteiger partial charge in [0.05, 0.1) is 11.0 Å². The van der Waals surface area contributed by atoms with Gasteiger partial charge >= 0.3 is 0 Å². The Hall–Kier alpha value is -3.15. The van der Waals surface area contributed by atoms with Gasteiger partial charge in [-0.3, -0.25) is 9.59 Å². The first kappa shape index (κ1) is 23.0. The van der Waals surface area contributed by atoms with Crippen molar-refractivity contribution in [2.75, 3.05) is 24.5 Å². The number of carbonyl (C=O) groups excluding carboxylic acids is 2. The van der Waals surface area contributed by atoms with E-state index in [1.807, 2.05) is 44.7 Å². The number of rotatable bonds is 8. The molecule has 1 unspecified atom stereocenters. The summed E-state index contributed by atoms with van der Waals surface area (Å²) < 4.78 is 2.04. The molecule has 3 aromatic rings. The van der Waals surface area contributed by atoms with Crippen LogP contribution in [0.2, 0.25) is 0 Å². The largest absolute Gasteiger partial charge is 0.341 e. The van der Waals surface area contributed by atoms with Crippen molar-refractivity contribution in [3.63, 3.8) is 0 Å². The summed E-state index contributed by atoms with van der Waals surface area (Å²) in [6.07, 6.45) is 2.27. The highest BCUT2D eigenvalue weighted by Crippen LogP contribution is 2.34. The lowest BCUT2D eigenvalue weighted by Crippen LogP contribution is -2.35. The third kappa shape index (κ3) is 4.65. The van der Waals surface area contributed by atoms with Crippen molar-refractivity contribution in [1.29, 1.82) is 0 Å². The molecule has 1 saturated heterocycles. The maximum atomic E-state index is 13.2. The van der Waals surface area contributed by atoms with Crippen molar-refractivity contribution in [3.05, 3.63) is 59.4 Å². The van der Waals surface area contributed by atoms with Gasteiger partial charge in [-0.2, -0.15) is 0 Å². The minimum atomic E-state index is -0.0508. The second-order valence-electron chi connectivity index (χ2n) is 9.10. The van der Waals surface area contributed by atoms with Crippen LogP contribution in [0.3, 0.4) is 0 Å². The molecule has 33 heavy (non-hydrogen) atoms. The van der Waals surface area contributed by atoms with E-state index >= 15 is 0 Å². The number of anilines is 1. The predicted octanol–water partition coefficient (Wildman–Crippen LogP) is 4.82. The summed E-state index contributed by atoms with van der Waals surface area (Å²) in [6, 6.07) is 14.1. The van der Waals surface area contributed by atoms with E-state index in [-0.39, 0.29) is 24.3 Å². The molecule has 2 amide bonds. The van der Waals surface area contributed by atoms with Gasteiger partial charge in [0.15, 0.2) is 0 Å². The Bertz CT molecular complexity index is 1160. The van der Waals surface area contributed by atoms with Crippen molar-refractivity contribution >= 4 is 28.5 Å². The molecule has 1 atom stereocenters. The molecule has 0 N–H and O–H groups in total. The minimum Gasteiger partial charge on any atom is -0.341 e. The van der Waals surface area contributed by atoms with E-state index in [0.717, 1.165) is 48.5 Å². The highest BCUT2D eigenvalue weighted by Gasteiger charge is 2.35. The first-order valence-corrected chi connectivity index (χ1v) is 12.0. The standard InChI is InChI=1S/C27H34N4O2/c1-5-13-29(14-6-2)26(33)18-31-24-10-8-7-9-23(24)28-27(31)21-16-25(32)30(17-21)22-12-11-19(3)20(4)15-22/h7-12,15,21H,5-6,13-14,16-18H2,1-4H3. The summed E-state index contributed by atoms with van der Waals surface area (Å²) in [5, 5.41) is 0. The smallest absolute Gasteiger partial charge is 0.242 e. The van der Waals surface area contributed by atoms with Crippen LogP contribution in [0.1, 0.15) is 56.0 Å². The van der Waals surface area contributed by atoms with Crippen molar-refractivity contribution in [2.45, 2.75) is 59.4 Å². The van der Waals surface area contributed by atoms with Gasteiger partial charge in [-0.05, 0) is 62.1 Å². The normalized spacial score (nSPS) is 16.1. The number of imidazole rings is 1. The third-order valence-corrected chi connectivity index (χ3v) is 6.61. The number of amides is 2. The van der Waals surface area contributed by atoms with Crippen LogP contribution in [0.4, 0.5) is 5.69 Å². The maximum Gasteiger partial charge on any atom is 0.242 e. The van der Waals surface area contributed by atoms with Crippen molar-refractivity contribution in [3.8, 4) is 0 Å². The number of hydrogen-bond acceptors (Lipinski definition) is 3. The lowest BCUT2D eigenvalue weighted by Gasteiger charge is -2.23. The number of aryl methyl sites for hydroxylation is 2. The Balaban J connectivity index is 1.66. The van der Waals surface area contributed by atoms with Gasteiger partial charge in [0.25, 0.3) is 0 Å². The fourth-order valence-corrected chi connectivity index (χ4v) is 4.73. The zero-order valence-electron chi connectivity index (χ0n) is 20.2. The van der Waals surface area contributed by atoms with Crippen LogP contribution in [0.15, 0.2) is 42.5 Å². The molecule has 0 bridgehead atoms. The molecule has 1 fully saturated rings. The summed E-state index contributed by atoms with van der Waals surface area (Å²) >= 11 is 0. The molecule has 0 saturated carbocycles. The van der Waals surface area contributed by atoms with E-state index in [1.54, 1.807) is 0 Å². The Morgan fingerprint density at radius 1 is 1.06 bits per heavy atom. The van der Waals surface area contributed by atoms with E-state index in [0.29, 0.717) is 13.0 Å². The van der Waals surface area contributed by atoms with Gasteiger partial charge in [-0.1, -0.05) is 32.0 Å². The predicted molar refractivity (Wildman–Crippen MR) is 133 cm³/mol. The van der Waals surface area contributed by atoms with E-state index < -0.39 is 0 Å². The van der Waals surface area contributed by atoms with Gasteiger partial charge in [-0.15, -0.1) is 0 Å². The third-order valence-electron chi connectivity index (χ3n) is 6.61. The number of benzene rings is 2. The summed E-state index contributed by atoms with van der Waals surface area (Å²) in [6.45, 7) is 10.7. The molecule has 6 nitrogen and oxygen atoms in total. The minimum absolute atomic E-state index is 0.0508. The average molecular weight is 447 g/mol. The Labute approximate surface area is 196 Å². The van der Waals surface area contributed by atoms with Crippen LogP contribution >= 0.6 is 0 Å². The molecule has 174 valence electrons. The van der Waals surface area contributed by atoms with E-state index in [9.17, 15) is 9.59 Å². The summed E-state index contributed by atoms with van der Waals surface area (Å²) in [5.74, 6) is 0.993. The average Bonchev–Trinajstić information content (AvgIpc) is 3.36. The monoisotopic (exact) mass is 446 g/mol. The van der Waals surface area contributed by atoms with Crippen LogP contribution in [-0.4, -0.2) is 45.9 Å². The summed E-state index contributed by atoms with van der Waals surface area (Å²) in [5.41, 5.74) is 5.14. The topological polar surface area (TPSA) is 58.4 Å². The quantitative estimate of drug-likeness (QED) is 0.498. The van der Waals surface area contributed by atoms with Crippen molar-refractivity contribution < 1.29 is 9.59 Å². The second-order valence-corrected chi connectivity index (χ2v) is 9.10. The molecule has 0 aliphatic carbocycles. The number of fused-ring (bicyclic) bond motifs is 1. The molecule has 1 aliphatic rings. The van der Waals surface area contributed by atoms with Crippen molar-refractivity contribution in [2.24, 2.45) is 0 Å². The fraction of sp³-hybridized carbons (Fsp3) is 0.444. The van der Waals surface area contributed by atoms with Crippen LogP contribution in [-0.2, 0) is 16.1 Å². The molecule has 2 heterocycles. The van der Waals surface area contributed by atoms with Gasteiger partial charge < -0.3 is 14.4 Å². The lowest BCUT2D eigenvalue weighted by atomic mass is 10.1. The number of nitrogens with zero attached hydrogens (tertiary/aromatic N) is 4. The van der Waals surface area contributed by atoms with Crippen LogP contribution < -0.4 is 4.90 Å². The number of aromatic nitrogens is 2. The van der Waals surface area contributed by atoms with E-state index in [4.69, 9.17) is 4.98 Å². The van der Waals surface area contributed by atoms with Crippen LogP contribution in [0.25, 0.3) is 11.0 Å². The molecule has 1 aromatic heterocycles. The Morgan fingerprint density at radius 2 is 1.79 bits per heavy atom. The summed E-state index contributed by atoms with van der Waals surface area (Å²) in [7, 11) is 0. The van der Waals surface area contributed by atoms with E-state index in [1.165, 1.54) is 11.1 Å². The lowest BCUT2D eigenvalue weighted by molar-refractivity contribution is -0.131. The molecular weight excluding hydrogens is 412 g/mol. The van der Waals surface area contributed by atoms with Gasteiger partial charge in [-0.25, -0.2) is 4.98 Å². The molecule has 0 spiro atoms. The van der Waals surface area contributed by atoms with Gasteiger partial charge in [0.1, 0.15) is 12.4 Å². The maximum absolute atomic E-state index is 13.2. The SMILES string of the molecule is CCCN(CCC)C(=O)Cn1c(C2CC(=O)N(c3ccc(C)c(C)c3)C2)nc2ccccc21. The number of carbonyl (C=O) groups is 2. The zero-order chi connectivity index (χ0) is 23.5. The first-order chi connectivity index (χ1) is 15.9. The molecule has 0 radical (unpaired) electrons. The molecule has 4 rings (SSSR count).